The molecule has 26 heavy (non-hydrogen) atoms. The van der Waals surface area contributed by atoms with Gasteiger partial charge >= 0.3 is 0 Å². The van der Waals surface area contributed by atoms with Crippen LogP contribution in [0, 0.1) is 6.92 Å². The maximum atomic E-state index is 12.0. The molecule has 1 aromatic carbocycles. The molecule has 0 unspecified atom stereocenters. The number of amides is 2. The Hall–Kier alpha value is -2.23. The third-order valence-electron chi connectivity index (χ3n) is 3.23. The van der Waals surface area contributed by atoms with Crippen molar-refractivity contribution in [3.8, 4) is 0 Å². The molecule has 0 bridgehead atoms. The van der Waals surface area contributed by atoms with Crippen LogP contribution in [-0.4, -0.2) is 27.8 Å². The monoisotopic (exact) mass is 404 g/mol. The van der Waals surface area contributed by atoms with Crippen molar-refractivity contribution in [3.05, 3.63) is 52.2 Å². The number of carbonyl (C=O) groups is 2. The Bertz CT molecular complexity index is 876. The Labute approximate surface area is 163 Å². The van der Waals surface area contributed by atoms with E-state index in [-0.39, 0.29) is 17.6 Å². The lowest BCUT2D eigenvalue weighted by molar-refractivity contribution is -0.115. The van der Waals surface area contributed by atoms with E-state index < -0.39 is 0 Å². The Balaban J connectivity index is 1.45. The molecule has 3 rings (SSSR count). The number of thiophene rings is 1. The minimum absolute atomic E-state index is 0.114. The maximum absolute atomic E-state index is 12.0. The average molecular weight is 405 g/mol. The molecule has 0 saturated carbocycles. The van der Waals surface area contributed by atoms with Crippen molar-refractivity contribution in [2.24, 2.45) is 0 Å². The van der Waals surface area contributed by atoms with Crippen LogP contribution in [0.4, 0.5) is 10.8 Å². The van der Waals surface area contributed by atoms with E-state index in [1.54, 1.807) is 0 Å². The third kappa shape index (κ3) is 5.65. The van der Waals surface area contributed by atoms with Crippen molar-refractivity contribution in [1.82, 2.24) is 10.2 Å². The summed E-state index contributed by atoms with van der Waals surface area (Å²) in [6.45, 7) is 1.99. The Morgan fingerprint density at radius 2 is 1.88 bits per heavy atom. The summed E-state index contributed by atoms with van der Waals surface area (Å²) in [5.41, 5.74) is 1.90. The van der Waals surface area contributed by atoms with Gasteiger partial charge in [-0.1, -0.05) is 46.9 Å². The zero-order valence-corrected chi connectivity index (χ0v) is 16.3. The van der Waals surface area contributed by atoms with Crippen LogP contribution in [0.2, 0.25) is 0 Å². The van der Waals surface area contributed by atoms with Crippen LogP contribution >= 0.6 is 34.4 Å². The number of hydrogen-bond donors (Lipinski definition) is 2. The molecule has 0 aliphatic carbocycles. The second-order valence-electron chi connectivity index (χ2n) is 5.38. The zero-order valence-electron chi connectivity index (χ0n) is 13.9. The van der Waals surface area contributed by atoms with Gasteiger partial charge in [-0.15, -0.1) is 21.5 Å². The number of benzene rings is 1. The van der Waals surface area contributed by atoms with Crippen LogP contribution in [0.15, 0.2) is 46.1 Å². The lowest BCUT2D eigenvalue weighted by atomic mass is 10.2. The van der Waals surface area contributed by atoms with E-state index in [1.807, 2.05) is 48.7 Å². The molecule has 0 spiro atoms. The zero-order chi connectivity index (χ0) is 18.4. The highest BCUT2D eigenvalue weighted by Gasteiger charge is 2.11. The van der Waals surface area contributed by atoms with Gasteiger partial charge in [0.1, 0.15) is 0 Å². The smallest absolute Gasteiger partial charge is 0.234 e. The highest BCUT2D eigenvalue weighted by Crippen LogP contribution is 2.25. The molecule has 2 amide bonds. The SMILES string of the molecule is Cc1ccc(NC(=O)CSc2nnc(NC(=O)Cc3cccs3)s2)cc1. The van der Waals surface area contributed by atoms with E-state index in [0.29, 0.717) is 15.9 Å². The topological polar surface area (TPSA) is 84.0 Å². The first-order valence-electron chi connectivity index (χ1n) is 7.73. The molecule has 0 atom stereocenters. The van der Waals surface area contributed by atoms with E-state index in [9.17, 15) is 9.59 Å². The molecular weight excluding hydrogens is 388 g/mol. The lowest BCUT2D eigenvalue weighted by Crippen LogP contribution is -2.13. The lowest BCUT2D eigenvalue weighted by Gasteiger charge is -2.04. The molecule has 2 N–H and O–H groups in total. The molecule has 0 aliphatic rings. The molecule has 134 valence electrons. The largest absolute Gasteiger partial charge is 0.325 e. The van der Waals surface area contributed by atoms with Crippen molar-refractivity contribution in [1.29, 1.82) is 0 Å². The van der Waals surface area contributed by atoms with Gasteiger partial charge in [0.15, 0.2) is 4.34 Å². The predicted molar refractivity (Wildman–Crippen MR) is 107 cm³/mol. The van der Waals surface area contributed by atoms with Gasteiger partial charge < -0.3 is 10.6 Å². The van der Waals surface area contributed by atoms with Gasteiger partial charge in [0.2, 0.25) is 16.9 Å². The predicted octanol–water partition coefficient (Wildman–Crippen LogP) is 3.82. The normalized spacial score (nSPS) is 10.5. The molecule has 2 aromatic heterocycles. The fraction of sp³-hybridized carbons (Fsp3) is 0.176. The standard InChI is InChI=1S/C17H16N4O2S3/c1-11-4-6-12(7-5-11)18-15(23)10-25-17-21-20-16(26-17)19-14(22)9-13-3-2-8-24-13/h2-8H,9-10H2,1H3,(H,18,23)(H,19,20,22). The molecule has 0 aliphatic heterocycles. The van der Waals surface area contributed by atoms with Gasteiger partial charge in [0.25, 0.3) is 0 Å². The van der Waals surface area contributed by atoms with Gasteiger partial charge in [-0.25, -0.2) is 0 Å². The summed E-state index contributed by atoms with van der Waals surface area (Å²) in [7, 11) is 0. The van der Waals surface area contributed by atoms with Gasteiger partial charge in [0, 0.05) is 10.6 Å². The number of rotatable bonds is 7. The fourth-order valence-electron chi connectivity index (χ4n) is 2.01. The minimum atomic E-state index is -0.128. The minimum Gasteiger partial charge on any atom is -0.325 e. The summed E-state index contributed by atoms with van der Waals surface area (Å²) in [5, 5.41) is 15.9. The van der Waals surface area contributed by atoms with Crippen LogP contribution < -0.4 is 10.6 Å². The number of thioether (sulfide) groups is 1. The number of carbonyl (C=O) groups excluding carboxylic acids is 2. The number of nitrogens with one attached hydrogen (secondary N) is 2. The van der Waals surface area contributed by atoms with E-state index in [0.717, 1.165) is 16.1 Å². The number of anilines is 2. The second kappa shape index (κ2) is 8.93. The number of aryl methyl sites for hydroxylation is 1. The van der Waals surface area contributed by atoms with E-state index >= 15 is 0 Å². The summed E-state index contributed by atoms with van der Waals surface area (Å²) in [6, 6.07) is 11.4. The molecular formula is C17H16N4O2S3. The molecule has 2 heterocycles. The van der Waals surface area contributed by atoms with Crippen LogP contribution in [0.1, 0.15) is 10.4 Å². The molecule has 0 fully saturated rings. The van der Waals surface area contributed by atoms with Gasteiger partial charge in [0.05, 0.1) is 12.2 Å². The molecule has 0 radical (unpaired) electrons. The van der Waals surface area contributed by atoms with Crippen LogP contribution in [-0.2, 0) is 16.0 Å². The van der Waals surface area contributed by atoms with Gasteiger partial charge in [-0.2, -0.15) is 0 Å². The molecule has 0 saturated heterocycles. The maximum Gasteiger partial charge on any atom is 0.234 e. The quantitative estimate of drug-likeness (QED) is 0.462. The summed E-state index contributed by atoms with van der Waals surface area (Å²) < 4.78 is 0.635. The highest BCUT2D eigenvalue weighted by atomic mass is 32.2. The second-order valence-corrected chi connectivity index (χ2v) is 8.61. The third-order valence-corrected chi connectivity index (χ3v) is 6.08. The van der Waals surface area contributed by atoms with Gasteiger partial charge in [-0.05, 0) is 30.5 Å². The number of aromatic nitrogens is 2. The number of nitrogens with zero attached hydrogens (tertiary/aromatic N) is 2. The first-order chi connectivity index (χ1) is 12.6. The van der Waals surface area contributed by atoms with Crippen LogP contribution in [0.25, 0.3) is 0 Å². The molecule has 9 heteroatoms. The summed E-state index contributed by atoms with van der Waals surface area (Å²) in [5.74, 6) is -0.0133. The number of hydrogen-bond acceptors (Lipinski definition) is 7. The Kier molecular flexibility index (Phi) is 6.37. The van der Waals surface area contributed by atoms with E-state index in [2.05, 4.69) is 20.8 Å². The Morgan fingerprint density at radius 3 is 2.62 bits per heavy atom. The first kappa shape index (κ1) is 18.6. The van der Waals surface area contributed by atoms with Crippen molar-refractivity contribution < 1.29 is 9.59 Å². The first-order valence-corrected chi connectivity index (χ1v) is 10.4. The van der Waals surface area contributed by atoms with Crippen LogP contribution in [0.3, 0.4) is 0 Å². The van der Waals surface area contributed by atoms with Crippen molar-refractivity contribution in [2.75, 3.05) is 16.4 Å². The molecule has 3 aromatic rings. The van der Waals surface area contributed by atoms with Crippen molar-refractivity contribution in [2.45, 2.75) is 17.7 Å². The Morgan fingerprint density at radius 1 is 1.08 bits per heavy atom. The summed E-state index contributed by atoms with van der Waals surface area (Å²) in [6.07, 6.45) is 0.318. The van der Waals surface area contributed by atoms with Crippen molar-refractivity contribution >= 4 is 57.1 Å². The van der Waals surface area contributed by atoms with E-state index in [4.69, 9.17) is 0 Å². The fourth-order valence-corrected chi connectivity index (χ4v) is 4.29. The van der Waals surface area contributed by atoms with Crippen molar-refractivity contribution in [3.63, 3.8) is 0 Å². The van der Waals surface area contributed by atoms with E-state index in [1.165, 1.54) is 34.4 Å². The average Bonchev–Trinajstić information content (AvgIpc) is 3.27. The van der Waals surface area contributed by atoms with Crippen LogP contribution in [0.5, 0.6) is 0 Å². The molecule has 6 nitrogen and oxygen atoms in total. The van der Waals surface area contributed by atoms with Gasteiger partial charge in [-0.3, -0.25) is 9.59 Å². The highest BCUT2D eigenvalue weighted by molar-refractivity contribution is 8.01. The summed E-state index contributed by atoms with van der Waals surface area (Å²) in [4.78, 5) is 24.9. The summed E-state index contributed by atoms with van der Waals surface area (Å²) >= 11 is 4.08.